The van der Waals surface area contributed by atoms with E-state index in [0.29, 0.717) is 55.7 Å². The van der Waals surface area contributed by atoms with Gasteiger partial charge in [0.05, 0.1) is 27.4 Å². The van der Waals surface area contributed by atoms with Gasteiger partial charge in [0.15, 0.2) is 17.8 Å². The molecule has 2 aliphatic heterocycles. The van der Waals surface area contributed by atoms with Crippen molar-refractivity contribution in [2.24, 2.45) is 5.92 Å². The van der Waals surface area contributed by atoms with E-state index in [1.54, 1.807) is 26.4 Å². The van der Waals surface area contributed by atoms with Crippen molar-refractivity contribution in [1.29, 1.82) is 0 Å². The van der Waals surface area contributed by atoms with E-state index in [2.05, 4.69) is 6.58 Å². The van der Waals surface area contributed by atoms with Crippen molar-refractivity contribution in [1.82, 2.24) is 4.90 Å². The molecule has 2 aliphatic rings. The number of benzene rings is 1. The van der Waals surface area contributed by atoms with Gasteiger partial charge in [0.1, 0.15) is 0 Å². The molecule has 1 amide bonds. The monoisotopic (exact) mass is 361 g/mol. The molecule has 3 rings (SSSR count). The fourth-order valence-corrected chi connectivity index (χ4v) is 3.68. The van der Waals surface area contributed by atoms with Crippen LogP contribution in [0, 0.1) is 5.92 Å². The van der Waals surface area contributed by atoms with Gasteiger partial charge in [0.25, 0.3) is 5.91 Å². The summed E-state index contributed by atoms with van der Waals surface area (Å²) < 4.78 is 22.1. The Bertz CT molecular complexity index is 646. The number of allylic oxidation sites excluding steroid dienone is 1. The number of amides is 1. The number of hydrogen-bond donors (Lipinski definition) is 0. The van der Waals surface area contributed by atoms with Crippen LogP contribution in [0.3, 0.4) is 0 Å². The van der Waals surface area contributed by atoms with Crippen LogP contribution in [-0.2, 0) is 15.9 Å². The molecule has 0 spiro atoms. The second-order valence-electron chi connectivity index (χ2n) is 6.60. The van der Waals surface area contributed by atoms with Crippen molar-refractivity contribution < 1.29 is 23.7 Å². The molecule has 0 bridgehead atoms. The first-order valence-electron chi connectivity index (χ1n) is 9.06. The summed E-state index contributed by atoms with van der Waals surface area (Å²) >= 11 is 0. The van der Waals surface area contributed by atoms with Crippen molar-refractivity contribution in [3.63, 3.8) is 0 Å². The van der Waals surface area contributed by atoms with Gasteiger partial charge < -0.3 is 23.8 Å². The Labute approximate surface area is 154 Å². The van der Waals surface area contributed by atoms with E-state index in [4.69, 9.17) is 18.9 Å². The van der Waals surface area contributed by atoms with Crippen LogP contribution >= 0.6 is 0 Å². The van der Waals surface area contributed by atoms with Gasteiger partial charge in [-0.15, -0.1) is 6.58 Å². The lowest BCUT2D eigenvalue weighted by Gasteiger charge is -2.34. The molecule has 142 valence electrons. The Hall–Kier alpha value is -2.05. The van der Waals surface area contributed by atoms with Crippen LogP contribution in [-0.4, -0.2) is 57.6 Å². The van der Waals surface area contributed by atoms with Crippen molar-refractivity contribution in [2.45, 2.75) is 25.6 Å². The molecular formula is C20H27NO5. The molecule has 2 fully saturated rings. The zero-order valence-corrected chi connectivity index (χ0v) is 15.5. The van der Waals surface area contributed by atoms with E-state index in [-0.39, 0.29) is 12.2 Å². The molecule has 1 aromatic carbocycles. The highest BCUT2D eigenvalue weighted by molar-refractivity contribution is 5.95. The smallest absolute Gasteiger partial charge is 0.254 e. The molecule has 26 heavy (non-hydrogen) atoms. The highest BCUT2D eigenvalue weighted by atomic mass is 16.7. The number of likely N-dealkylation sites (tertiary alicyclic amines) is 1. The Morgan fingerprint density at radius 2 is 1.92 bits per heavy atom. The minimum atomic E-state index is -0.104. The first-order valence-corrected chi connectivity index (χ1v) is 9.06. The second kappa shape index (κ2) is 8.56. The maximum Gasteiger partial charge on any atom is 0.254 e. The lowest BCUT2D eigenvalue weighted by molar-refractivity contribution is -0.0956. The molecule has 6 nitrogen and oxygen atoms in total. The number of hydrogen-bond acceptors (Lipinski definition) is 5. The summed E-state index contributed by atoms with van der Waals surface area (Å²) in [6, 6.07) is 3.63. The third-order valence-corrected chi connectivity index (χ3v) is 5.03. The quantitative estimate of drug-likeness (QED) is 0.729. The highest BCUT2D eigenvalue weighted by Gasteiger charge is 2.32. The first kappa shape index (κ1) is 18.7. The van der Waals surface area contributed by atoms with Crippen LogP contribution in [0.25, 0.3) is 0 Å². The fraction of sp³-hybridized carbons (Fsp3) is 0.550. The van der Waals surface area contributed by atoms with Gasteiger partial charge in [0.2, 0.25) is 0 Å². The van der Waals surface area contributed by atoms with Crippen LogP contribution in [0.4, 0.5) is 0 Å². The molecule has 6 heteroatoms. The summed E-state index contributed by atoms with van der Waals surface area (Å²) in [6.07, 6.45) is 4.08. The Balaban J connectivity index is 1.73. The van der Waals surface area contributed by atoms with Gasteiger partial charge in [-0.05, 0) is 31.4 Å². The summed E-state index contributed by atoms with van der Waals surface area (Å²) in [5.41, 5.74) is 1.51. The predicted molar refractivity (Wildman–Crippen MR) is 97.8 cm³/mol. The van der Waals surface area contributed by atoms with Crippen LogP contribution in [0.2, 0.25) is 0 Å². The topological polar surface area (TPSA) is 57.2 Å². The molecule has 2 heterocycles. The summed E-state index contributed by atoms with van der Waals surface area (Å²) in [5, 5.41) is 0. The van der Waals surface area contributed by atoms with Crippen molar-refractivity contribution in [2.75, 3.05) is 40.5 Å². The SMILES string of the molecule is C=CCc1cc(C(=O)N2CCC(C3OCCO3)CC2)cc(OC)c1OC. The van der Waals surface area contributed by atoms with E-state index in [0.717, 1.165) is 18.4 Å². The van der Waals surface area contributed by atoms with Gasteiger partial charge in [-0.2, -0.15) is 0 Å². The first-order chi connectivity index (χ1) is 12.7. The normalized spacial score (nSPS) is 18.8. The minimum Gasteiger partial charge on any atom is -0.493 e. The number of nitrogens with zero attached hydrogens (tertiary/aromatic N) is 1. The summed E-state index contributed by atoms with van der Waals surface area (Å²) in [5.74, 6) is 1.60. The van der Waals surface area contributed by atoms with Gasteiger partial charge in [-0.1, -0.05) is 6.08 Å². The van der Waals surface area contributed by atoms with Gasteiger partial charge in [0, 0.05) is 30.1 Å². The lowest BCUT2D eigenvalue weighted by Crippen LogP contribution is -2.41. The summed E-state index contributed by atoms with van der Waals surface area (Å²) in [6.45, 7) is 6.53. The standard InChI is InChI=1S/C20H27NO5/c1-4-5-15-12-16(13-17(23-2)18(15)24-3)19(22)21-8-6-14(7-9-21)20-25-10-11-26-20/h4,12-14,20H,1,5-11H2,2-3H3. The molecule has 0 radical (unpaired) electrons. The van der Waals surface area contributed by atoms with Gasteiger partial charge >= 0.3 is 0 Å². The molecule has 0 atom stereocenters. The van der Waals surface area contributed by atoms with Crippen LogP contribution in [0.1, 0.15) is 28.8 Å². The second-order valence-corrected chi connectivity index (χ2v) is 6.60. The Kier molecular flexibility index (Phi) is 6.16. The fourth-order valence-electron chi connectivity index (χ4n) is 3.68. The number of ether oxygens (including phenoxy) is 4. The van der Waals surface area contributed by atoms with E-state index < -0.39 is 0 Å². The summed E-state index contributed by atoms with van der Waals surface area (Å²) in [4.78, 5) is 14.9. The maximum absolute atomic E-state index is 13.0. The number of rotatable bonds is 6. The lowest BCUT2D eigenvalue weighted by atomic mass is 9.95. The van der Waals surface area contributed by atoms with Crippen molar-refractivity contribution in [3.05, 3.63) is 35.9 Å². The molecule has 0 saturated carbocycles. The molecule has 0 aromatic heterocycles. The third kappa shape index (κ3) is 3.86. The molecular weight excluding hydrogens is 334 g/mol. The van der Waals surface area contributed by atoms with E-state index in [1.165, 1.54) is 0 Å². The van der Waals surface area contributed by atoms with E-state index in [9.17, 15) is 4.79 Å². The number of methoxy groups -OCH3 is 2. The molecule has 0 aliphatic carbocycles. The molecule has 0 unspecified atom stereocenters. The highest BCUT2D eigenvalue weighted by Crippen LogP contribution is 2.34. The Morgan fingerprint density at radius 3 is 2.50 bits per heavy atom. The maximum atomic E-state index is 13.0. The van der Waals surface area contributed by atoms with Crippen LogP contribution in [0.15, 0.2) is 24.8 Å². The zero-order chi connectivity index (χ0) is 18.5. The van der Waals surface area contributed by atoms with E-state index >= 15 is 0 Å². The van der Waals surface area contributed by atoms with Crippen molar-refractivity contribution >= 4 is 5.91 Å². The number of carbonyl (C=O) groups excluding carboxylic acids is 1. The largest absolute Gasteiger partial charge is 0.493 e. The third-order valence-electron chi connectivity index (χ3n) is 5.03. The van der Waals surface area contributed by atoms with Crippen LogP contribution < -0.4 is 9.47 Å². The zero-order valence-electron chi connectivity index (χ0n) is 15.5. The average molecular weight is 361 g/mol. The summed E-state index contributed by atoms with van der Waals surface area (Å²) in [7, 11) is 3.18. The number of piperidine rings is 1. The molecule has 0 N–H and O–H groups in total. The van der Waals surface area contributed by atoms with Crippen molar-refractivity contribution in [3.8, 4) is 11.5 Å². The average Bonchev–Trinajstić information content (AvgIpc) is 3.22. The molecule has 2 saturated heterocycles. The molecule has 1 aromatic rings. The van der Waals surface area contributed by atoms with E-state index in [1.807, 2.05) is 11.0 Å². The van der Waals surface area contributed by atoms with Gasteiger partial charge in [-0.3, -0.25) is 4.79 Å². The van der Waals surface area contributed by atoms with Gasteiger partial charge in [-0.25, -0.2) is 0 Å². The van der Waals surface area contributed by atoms with Crippen LogP contribution in [0.5, 0.6) is 11.5 Å². The number of carbonyl (C=O) groups is 1. The predicted octanol–water partition coefficient (Wildman–Crippen LogP) is 2.66. The Morgan fingerprint density at radius 1 is 1.23 bits per heavy atom. The minimum absolute atomic E-state index is 0.0166.